The number of hydrogen-bond donors (Lipinski definition) is 1. The highest BCUT2D eigenvalue weighted by atomic mass is 35.5. The molecule has 1 heterocycles. The van der Waals surface area contributed by atoms with E-state index >= 15 is 0 Å². The normalized spacial score (nSPS) is 16.2. The Morgan fingerprint density at radius 1 is 1.13 bits per heavy atom. The highest BCUT2D eigenvalue weighted by Gasteiger charge is 2.27. The van der Waals surface area contributed by atoms with Gasteiger partial charge in [-0.05, 0) is 37.1 Å². The molecule has 1 aliphatic carbocycles. The summed E-state index contributed by atoms with van der Waals surface area (Å²) in [7, 11) is 1.47. The Balaban J connectivity index is 1.45. The molecule has 0 bridgehead atoms. The van der Waals surface area contributed by atoms with E-state index in [0.717, 1.165) is 18.5 Å². The van der Waals surface area contributed by atoms with Gasteiger partial charge in [-0.25, -0.2) is 0 Å². The van der Waals surface area contributed by atoms with Crippen molar-refractivity contribution in [1.82, 2.24) is 4.90 Å². The number of nitrogens with zero attached hydrogens (tertiary/aromatic N) is 3. The number of halogens is 2. The number of ether oxygens (including phenoxy) is 1. The lowest BCUT2D eigenvalue weighted by atomic mass is 10.1. The SMILES string of the molecule is COc1c(Cl)cc(C(=O)N2CCN(c3ccc([N+](=O)[O-])c(NC4CC4)c3)CC2)cc1Cl. The zero-order valence-electron chi connectivity index (χ0n) is 16.9. The number of nitro groups is 1. The summed E-state index contributed by atoms with van der Waals surface area (Å²) in [5.41, 5.74) is 1.94. The first-order valence-corrected chi connectivity index (χ1v) is 10.7. The largest absolute Gasteiger partial charge is 0.494 e. The molecule has 0 unspecified atom stereocenters. The molecule has 0 atom stereocenters. The van der Waals surface area contributed by atoms with Gasteiger partial charge in [0.15, 0.2) is 5.75 Å². The Morgan fingerprint density at radius 3 is 2.32 bits per heavy atom. The van der Waals surface area contributed by atoms with Crippen molar-refractivity contribution in [2.75, 3.05) is 43.5 Å². The Morgan fingerprint density at radius 2 is 1.77 bits per heavy atom. The van der Waals surface area contributed by atoms with Gasteiger partial charge < -0.3 is 19.9 Å². The molecular formula is C21H22Cl2N4O4. The van der Waals surface area contributed by atoms with Crippen LogP contribution in [0, 0.1) is 10.1 Å². The summed E-state index contributed by atoms with van der Waals surface area (Å²) in [5.74, 6) is 0.198. The second kappa shape index (κ2) is 8.80. The number of nitrogens with one attached hydrogen (secondary N) is 1. The summed E-state index contributed by atoms with van der Waals surface area (Å²) in [6.45, 7) is 2.26. The zero-order chi connectivity index (χ0) is 22.1. The lowest BCUT2D eigenvalue weighted by Crippen LogP contribution is -2.48. The van der Waals surface area contributed by atoms with Crippen LogP contribution in [-0.4, -0.2) is 55.1 Å². The van der Waals surface area contributed by atoms with Crippen molar-refractivity contribution in [3.05, 3.63) is 56.1 Å². The van der Waals surface area contributed by atoms with E-state index in [1.807, 2.05) is 6.07 Å². The zero-order valence-corrected chi connectivity index (χ0v) is 18.4. The molecule has 10 heteroatoms. The molecule has 31 heavy (non-hydrogen) atoms. The van der Waals surface area contributed by atoms with Crippen LogP contribution in [0.2, 0.25) is 10.0 Å². The van der Waals surface area contributed by atoms with E-state index in [9.17, 15) is 14.9 Å². The summed E-state index contributed by atoms with van der Waals surface area (Å²) >= 11 is 12.3. The second-order valence-corrected chi connectivity index (χ2v) is 8.44. The van der Waals surface area contributed by atoms with Crippen molar-refractivity contribution in [3.63, 3.8) is 0 Å². The van der Waals surface area contributed by atoms with Crippen LogP contribution >= 0.6 is 23.2 Å². The van der Waals surface area contributed by atoms with Crippen molar-refractivity contribution >= 4 is 46.2 Å². The molecule has 2 aromatic carbocycles. The molecule has 1 amide bonds. The van der Waals surface area contributed by atoms with Crippen molar-refractivity contribution in [1.29, 1.82) is 0 Å². The van der Waals surface area contributed by atoms with Crippen LogP contribution in [0.3, 0.4) is 0 Å². The maximum Gasteiger partial charge on any atom is 0.292 e. The summed E-state index contributed by atoms with van der Waals surface area (Å²) in [5, 5.41) is 15.2. The van der Waals surface area contributed by atoms with Crippen LogP contribution in [0.25, 0.3) is 0 Å². The van der Waals surface area contributed by atoms with Gasteiger partial charge in [0.1, 0.15) is 5.69 Å². The molecular weight excluding hydrogens is 443 g/mol. The number of benzene rings is 2. The first-order valence-electron chi connectivity index (χ1n) is 9.99. The number of rotatable bonds is 6. The quantitative estimate of drug-likeness (QED) is 0.501. The molecule has 1 aliphatic heterocycles. The molecule has 2 fully saturated rings. The molecule has 0 radical (unpaired) electrons. The molecule has 1 N–H and O–H groups in total. The van der Waals surface area contributed by atoms with Crippen LogP contribution in [0.5, 0.6) is 5.75 Å². The van der Waals surface area contributed by atoms with E-state index < -0.39 is 0 Å². The number of carbonyl (C=O) groups is 1. The van der Waals surface area contributed by atoms with E-state index in [4.69, 9.17) is 27.9 Å². The van der Waals surface area contributed by atoms with Crippen molar-refractivity contribution in [2.45, 2.75) is 18.9 Å². The van der Waals surface area contributed by atoms with Crippen molar-refractivity contribution in [2.24, 2.45) is 0 Å². The third-order valence-electron chi connectivity index (χ3n) is 5.50. The molecule has 8 nitrogen and oxygen atoms in total. The first-order chi connectivity index (χ1) is 14.9. The number of methoxy groups -OCH3 is 1. The van der Waals surface area contributed by atoms with Gasteiger partial charge in [0.2, 0.25) is 0 Å². The van der Waals surface area contributed by atoms with Gasteiger partial charge in [0.25, 0.3) is 11.6 Å². The summed E-state index contributed by atoms with van der Waals surface area (Å²) < 4.78 is 5.14. The maximum absolute atomic E-state index is 12.9. The van der Waals surface area contributed by atoms with Crippen molar-refractivity contribution in [3.8, 4) is 5.75 Å². The van der Waals surface area contributed by atoms with Gasteiger partial charge in [-0.1, -0.05) is 23.2 Å². The molecule has 2 aromatic rings. The minimum Gasteiger partial charge on any atom is -0.494 e. The minimum atomic E-state index is -0.365. The van der Waals surface area contributed by atoms with Crippen LogP contribution in [0.15, 0.2) is 30.3 Å². The fourth-order valence-corrected chi connectivity index (χ4v) is 4.31. The predicted octanol–water partition coefficient (Wildman–Crippen LogP) is 4.45. The number of amides is 1. The van der Waals surface area contributed by atoms with Gasteiger partial charge in [-0.15, -0.1) is 0 Å². The number of piperazine rings is 1. The van der Waals surface area contributed by atoms with Crippen molar-refractivity contribution < 1.29 is 14.5 Å². The van der Waals surface area contributed by atoms with E-state index in [0.29, 0.717) is 59.3 Å². The van der Waals surface area contributed by atoms with Crippen LogP contribution in [-0.2, 0) is 0 Å². The highest BCUT2D eigenvalue weighted by molar-refractivity contribution is 6.37. The molecule has 164 valence electrons. The molecule has 0 aromatic heterocycles. The van der Waals surface area contributed by atoms with Crippen LogP contribution in [0.1, 0.15) is 23.2 Å². The van der Waals surface area contributed by atoms with Gasteiger partial charge >= 0.3 is 0 Å². The van der Waals surface area contributed by atoms with E-state index in [1.165, 1.54) is 7.11 Å². The average molecular weight is 465 g/mol. The topological polar surface area (TPSA) is 88.0 Å². The minimum absolute atomic E-state index is 0.0812. The number of nitro benzene ring substituents is 1. The van der Waals surface area contributed by atoms with Gasteiger partial charge in [-0.2, -0.15) is 0 Å². The molecule has 0 spiro atoms. The fourth-order valence-electron chi connectivity index (χ4n) is 3.67. The van der Waals surface area contributed by atoms with Crippen LogP contribution < -0.4 is 15.0 Å². The summed E-state index contributed by atoms with van der Waals surface area (Å²) in [6.07, 6.45) is 2.06. The number of carbonyl (C=O) groups excluding carboxylic acids is 1. The third kappa shape index (κ3) is 4.65. The Bertz CT molecular complexity index is 997. The Labute approximate surface area is 189 Å². The Hall–Kier alpha value is -2.71. The second-order valence-electron chi connectivity index (χ2n) is 7.63. The fraction of sp³-hybridized carbons (Fsp3) is 0.381. The molecule has 4 rings (SSSR count). The monoisotopic (exact) mass is 464 g/mol. The summed E-state index contributed by atoms with van der Waals surface area (Å²) in [6, 6.07) is 8.57. The van der Waals surface area contributed by atoms with Gasteiger partial charge in [-0.3, -0.25) is 14.9 Å². The number of anilines is 2. The molecule has 1 saturated carbocycles. The maximum atomic E-state index is 12.9. The van der Waals surface area contributed by atoms with Gasteiger partial charge in [0.05, 0.1) is 22.1 Å². The standard InChI is InChI=1S/C21H22Cl2N4O4/c1-31-20-16(22)10-13(11-17(20)23)21(28)26-8-6-25(7-9-26)15-4-5-19(27(29)30)18(12-15)24-14-2-3-14/h4-5,10-12,14,24H,2-3,6-9H2,1H3. The van der Waals surface area contributed by atoms with E-state index in [-0.39, 0.29) is 16.5 Å². The Kier molecular flexibility index (Phi) is 6.11. The lowest BCUT2D eigenvalue weighted by Gasteiger charge is -2.36. The van der Waals surface area contributed by atoms with E-state index in [2.05, 4.69) is 10.2 Å². The summed E-state index contributed by atoms with van der Waals surface area (Å²) in [4.78, 5) is 27.8. The third-order valence-corrected chi connectivity index (χ3v) is 6.06. The highest BCUT2D eigenvalue weighted by Crippen LogP contribution is 2.35. The lowest BCUT2D eigenvalue weighted by molar-refractivity contribution is -0.384. The number of hydrogen-bond acceptors (Lipinski definition) is 6. The first kappa shape index (κ1) is 21.5. The smallest absolute Gasteiger partial charge is 0.292 e. The molecule has 1 saturated heterocycles. The predicted molar refractivity (Wildman–Crippen MR) is 121 cm³/mol. The molecule has 2 aliphatic rings. The van der Waals surface area contributed by atoms with Crippen LogP contribution in [0.4, 0.5) is 17.1 Å². The van der Waals surface area contributed by atoms with E-state index in [1.54, 1.807) is 29.2 Å². The van der Waals surface area contributed by atoms with Gasteiger partial charge in [0, 0.05) is 49.5 Å². The average Bonchev–Trinajstić information content (AvgIpc) is 3.57.